The summed E-state index contributed by atoms with van der Waals surface area (Å²) >= 11 is 0. The van der Waals surface area contributed by atoms with Gasteiger partial charge in [-0.15, -0.1) is 0 Å². The predicted octanol–water partition coefficient (Wildman–Crippen LogP) is 3.81. The molecule has 1 aromatic heterocycles. The van der Waals surface area contributed by atoms with Crippen molar-refractivity contribution in [1.82, 2.24) is 9.47 Å². The lowest BCUT2D eigenvalue weighted by atomic mass is 9.94. The van der Waals surface area contributed by atoms with Crippen LogP contribution in [0.3, 0.4) is 0 Å². The summed E-state index contributed by atoms with van der Waals surface area (Å²) in [7, 11) is 1.81. The number of esters is 1. The Morgan fingerprint density at radius 3 is 2.50 bits per heavy atom. The van der Waals surface area contributed by atoms with Gasteiger partial charge >= 0.3 is 5.97 Å². The van der Waals surface area contributed by atoms with Crippen LogP contribution in [0, 0.1) is 0 Å². The number of hydrogen-bond acceptors (Lipinski definition) is 3. The summed E-state index contributed by atoms with van der Waals surface area (Å²) in [6, 6.07) is 11.3. The number of nitrogens with zero attached hydrogens (tertiary/aromatic N) is 2. The van der Waals surface area contributed by atoms with Gasteiger partial charge in [0, 0.05) is 31.2 Å². The maximum absolute atomic E-state index is 12.6. The van der Waals surface area contributed by atoms with Crippen molar-refractivity contribution >= 4 is 11.9 Å². The minimum Gasteiger partial charge on any atom is -0.449 e. The fraction of sp³-hybridized carbons (Fsp3) is 0.429. The van der Waals surface area contributed by atoms with Gasteiger partial charge in [-0.25, -0.2) is 4.79 Å². The second-order valence-corrected chi connectivity index (χ2v) is 6.93. The Bertz CT molecular complexity index is 748. The molecule has 0 N–H and O–H groups in total. The van der Waals surface area contributed by atoms with Crippen LogP contribution in [-0.2, 0) is 9.53 Å². The van der Waals surface area contributed by atoms with Crippen molar-refractivity contribution in [2.24, 2.45) is 0 Å². The highest BCUT2D eigenvalue weighted by atomic mass is 16.5. The first-order valence-electron chi connectivity index (χ1n) is 9.27. The van der Waals surface area contributed by atoms with E-state index in [1.165, 1.54) is 6.42 Å². The third-order valence-electron chi connectivity index (χ3n) is 5.09. The van der Waals surface area contributed by atoms with Crippen LogP contribution in [-0.4, -0.2) is 40.5 Å². The van der Waals surface area contributed by atoms with Gasteiger partial charge < -0.3 is 14.2 Å². The van der Waals surface area contributed by atoms with Crippen LogP contribution in [0.15, 0.2) is 48.8 Å². The molecule has 138 valence electrons. The Labute approximate surface area is 154 Å². The van der Waals surface area contributed by atoms with Gasteiger partial charge in [0.05, 0.1) is 5.56 Å². The average Bonchev–Trinajstić information content (AvgIpc) is 3.22. The molecule has 1 aliphatic carbocycles. The van der Waals surface area contributed by atoms with E-state index in [1.54, 1.807) is 24.0 Å². The molecule has 1 heterocycles. The number of ether oxygens (including phenoxy) is 1. The third kappa shape index (κ3) is 4.15. The zero-order valence-electron chi connectivity index (χ0n) is 15.4. The fourth-order valence-electron chi connectivity index (χ4n) is 3.51. The first-order valence-corrected chi connectivity index (χ1v) is 9.27. The van der Waals surface area contributed by atoms with Gasteiger partial charge in [0.15, 0.2) is 6.10 Å². The average molecular weight is 354 g/mol. The van der Waals surface area contributed by atoms with E-state index in [9.17, 15) is 9.59 Å². The summed E-state index contributed by atoms with van der Waals surface area (Å²) < 4.78 is 7.36. The van der Waals surface area contributed by atoms with Gasteiger partial charge in [0.2, 0.25) is 0 Å². The molecule has 1 aliphatic rings. The fourth-order valence-corrected chi connectivity index (χ4v) is 3.51. The minimum absolute atomic E-state index is 0.133. The quantitative estimate of drug-likeness (QED) is 0.767. The Balaban J connectivity index is 1.63. The molecule has 3 rings (SSSR count). The van der Waals surface area contributed by atoms with E-state index in [0.29, 0.717) is 5.56 Å². The van der Waals surface area contributed by atoms with Crippen LogP contribution in [0.1, 0.15) is 49.4 Å². The molecule has 26 heavy (non-hydrogen) atoms. The van der Waals surface area contributed by atoms with Crippen LogP contribution in [0.2, 0.25) is 0 Å². The molecule has 0 saturated heterocycles. The van der Waals surface area contributed by atoms with Crippen LogP contribution < -0.4 is 0 Å². The number of rotatable bonds is 5. The van der Waals surface area contributed by atoms with Crippen molar-refractivity contribution in [2.75, 3.05) is 7.05 Å². The first-order chi connectivity index (χ1) is 12.6. The van der Waals surface area contributed by atoms with E-state index in [1.807, 2.05) is 48.3 Å². The van der Waals surface area contributed by atoms with Gasteiger partial charge in [-0.3, -0.25) is 4.79 Å². The molecule has 5 nitrogen and oxygen atoms in total. The van der Waals surface area contributed by atoms with Crippen molar-refractivity contribution < 1.29 is 14.3 Å². The molecule has 5 heteroatoms. The molecule has 1 aromatic carbocycles. The minimum atomic E-state index is -0.787. The van der Waals surface area contributed by atoms with E-state index < -0.39 is 12.1 Å². The van der Waals surface area contributed by atoms with Crippen LogP contribution >= 0.6 is 0 Å². The molecule has 0 spiro atoms. The molecule has 1 saturated carbocycles. The summed E-state index contributed by atoms with van der Waals surface area (Å²) in [6.45, 7) is 1.65. The molecular formula is C21H26N2O3. The predicted molar refractivity (Wildman–Crippen MR) is 100 cm³/mol. The SMILES string of the molecule is C[C@H](OC(=O)c1cccc(-n2cccc2)c1)C(=O)N(C)C1CCCCC1. The zero-order chi connectivity index (χ0) is 18.5. The largest absolute Gasteiger partial charge is 0.449 e. The molecule has 1 amide bonds. The normalized spacial score (nSPS) is 16.1. The van der Waals surface area contributed by atoms with Crippen molar-refractivity contribution in [3.63, 3.8) is 0 Å². The molecule has 2 aromatic rings. The molecule has 0 unspecified atom stereocenters. The molecule has 1 fully saturated rings. The summed E-state index contributed by atoms with van der Waals surface area (Å²) in [4.78, 5) is 26.8. The molecular weight excluding hydrogens is 328 g/mol. The van der Waals surface area contributed by atoms with E-state index in [2.05, 4.69) is 0 Å². The maximum atomic E-state index is 12.6. The zero-order valence-corrected chi connectivity index (χ0v) is 15.4. The highest BCUT2D eigenvalue weighted by Crippen LogP contribution is 2.22. The highest BCUT2D eigenvalue weighted by molar-refractivity contribution is 5.92. The lowest BCUT2D eigenvalue weighted by Gasteiger charge is -2.32. The Morgan fingerprint density at radius 2 is 1.81 bits per heavy atom. The van der Waals surface area contributed by atoms with E-state index >= 15 is 0 Å². The van der Waals surface area contributed by atoms with E-state index in [-0.39, 0.29) is 11.9 Å². The number of likely N-dealkylation sites (N-methyl/N-ethyl adjacent to an activating group) is 1. The first kappa shape index (κ1) is 18.2. The summed E-state index contributed by atoms with van der Waals surface area (Å²) in [5.41, 5.74) is 1.32. The third-order valence-corrected chi connectivity index (χ3v) is 5.09. The Morgan fingerprint density at radius 1 is 1.12 bits per heavy atom. The van der Waals surface area contributed by atoms with Crippen LogP contribution in [0.5, 0.6) is 0 Å². The number of hydrogen-bond donors (Lipinski definition) is 0. The highest BCUT2D eigenvalue weighted by Gasteiger charge is 2.28. The number of carbonyl (C=O) groups excluding carboxylic acids is 2. The van der Waals surface area contributed by atoms with Gasteiger partial charge in [0.25, 0.3) is 5.91 Å². The van der Waals surface area contributed by atoms with Crippen molar-refractivity contribution in [3.8, 4) is 5.69 Å². The van der Waals surface area contributed by atoms with E-state index in [0.717, 1.165) is 31.4 Å². The molecule has 0 radical (unpaired) electrons. The summed E-state index contributed by atoms with van der Waals surface area (Å²) in [5.74, 6) is -0.608. The van der Waals surface area contributed by atoms with Crippen LogP contribution in [0.4, 0.5) is 0 Å². The molecule has 0 aliphatic heterocycles. The second-order valence-electron chi connectivity index (χ2n) is 6.93. The lowest BCUT2D eigenvalue weighted by molar-refractivity contribution is -0.141. The number of aromatic nitrogens is 1. The van der Waals surface area contributed by atoms with E-state index in [4.69, 9.17) is 4.74 Å². The second kappa shape index (κ2) is 8.21. The van der Waals surface area contributed by atoms with Gasteiger partial charge in [-0.2, -0.15) is 0 Å². The van der Waals surface area contributed by atoms with Gasteiger partial charge in [-0.05, 0) is 50.1 Å². The summed E-state index contributed by atoms with van der Waals surface area (Å²) in [6.07, 6.45) is 8.64. The van der Waals surface area contributed by atoms with Gasteiger partial charge in [0.1, 0.15) is 0 Å². The summed E-state index contributed by atoms with van der Waals surface area (Å²) in [5, 5.41) is 0. The number of benzene rings is 1. The maximum Gasteiger partial charge on any atom is 0.338 e. The standard InChI is InChI=1S/C21H26N2O3/c1-16(20(24)22(2)18-10-4-3-5-11-18)26-21(25)17-9-8-12-19(15-17)23-13-6-7-14-23/h6-9,12-16,18H,3-5,10-11H2,1-2H3/t16-/m0/s1. The van der Waals surface area contributed by atoms with Crippen molar-refractivity contribution in [1.29, 1.82) is 0 Å². The van der Waals surface area contributed by atoms with Gasteiger partial charge in [-0.1, -0.05) is 25.3 Å². The molecule has 0 bridgehead atoms. The monoisotopic (exact) mass is 354 g/mol. The van der Waals surface area contributed by atoms with Crippen LogP contribution in [0.25, 0.3) is 5.69 Å². The number of amides is 1. The Kier molecular flexibility index (Phi) is 5.76. The smallest absolute Gasteiger partial charge is 0.338 e. The Hall–Kier alpha value is -2.56. The number of carbonyl (C=O) groups is 2. The topological polar surface area (TPSA) is 51.5 Å². The van der Waals surface area contributed by atoms with Crippen molar-refractivity contribution in [3.05, 3.63) is 54.4 Å². The molecule has 1 atom stereocenters. The van der Waals surface area contributed by atoms with Crippen molar-refractivity contribution in [2.45, 2.75) is 51.2 Å². The lowest BCUT2D eigenvalue weighted by Crippen LogP contribution is -2.44.